The van der Waals surface area contributed by atoms with Crippen LogP contribution in [0.25, 0.3) is 10.8 Å². The highest BCUT2D eigenvalue weighted by atomic mass is 16.6. The van der Waals surface area contributed by atoms with E-state index < -0.39 is 11.9 Å². The Morgan fingerprint density at radius 3 is 2.12 bits per heavy atom. The van der Waals surface area contributed by atoms with Crippen molar-refractivity contribution in [1.82, 2.24) is 4.90 Å². The molecule has 1 fully saturated rings. The molecule has 3 rings (SSSR count). The summed E-state index contributed by atoms with van der Waals surface area (Å²) in [5, 5.41) is 1.91. The molecule has 0 amide bonds. The van der Waals surface area contributed by atoms with Crippen LogP contribution in [0.15, 0.2) is 30.3 Å². The van der Waals surface area contributed by atoms with Gasteiger partial charge in [-0.05, 0) is 60.8 Å². The fourth-order valence-corrected chi connectivity index (χ4v) is 3.22. The highest BCUT2D eigenvalue weighted by Crippen LogP contribution is 2.33. The van der Waals surface area contributed by atoms with Crippen molar-refractivity contribution in [3.8, 4) is 11.5 Å². The fourth-order valence-electron chi connectivity index (χ4n) is 3.22. The maximum Gasteiger partial charge on any atom is 0.308 e. The average molecular weight is 341 g/mol. The normalized spacial score (nSPS) is 14.6. The molecule has 0 unspecified atom stereocenters. The molecular formula is C20H23NO4. The van der Waals surface area contributed by atoms with Crippen molar-refractivity contribution in [2.75, 3.05) is 19.6 Å². The summed E-state index contributed by atoms with van der Waals surface area (Å²) >= 11 is 0. The lowest BCUT2D eigenvalue weighted by Crippen LogP contribution is -2.21. The van der Waals surface area contributed by atoms with E-state index in [1.54, 1.807) is 12.1 Å². The molecule has 1 saturated heterocycles. The van der Waals surface area contributed by atoms with E-state index in [0.29, 0.717) is 0 Å². The van der Waals surface area contributed by atoms with Gasteiger partial charge in [0.2, 0.25) is 0 Å². The van der Waals surface area contributed by atoms with E-state index >= 15 is 0 Å². The van der Waals surface area contributed by atoms with Gasteiger partial charge in [-0.1, -0.05) is 18.2 Å². The Balaban J connectivity index is 1.86. The van der Waals surface area contributed by atoms with Gasteiger partial charge in [0.25, 0.3) is 0 Å². The number of carbonyl (C=O) groups excluding carboxylic acids is 2. The molecule has 25 heavy (non-hydrogen) atoms. The lowest BCUT2D eigenvalue weighted by molar-refractivity contribution is -0.134. The van der Waals surface area contributed by atoms with Crippen LogP contribution in [0.5, 0.6) is 11.5 Å². The second-order valence-corrected chi connectivity index (χ2v) is 6.47. The number of nitrogens with zero attached hydrogens (tertiary/aromatic N) is 1. The van der Waals surface area contributed by atoms with Gasteiger partial charge in [-0.15, -0.1) is 0 Å². The van der Waals surface area contributed by atoms with Gasteiger partial charge < -0.3 is 14.4 Å². The summed E-state index contributed by atoms with van der Waals surface area (Å²) in [5.41, 5.74) is 1.24. The molecule has 0 spiro atoms. The minimum atomic E-state index is -0.449. The van der Waals surface area contributed by atoms with Crippen LogP contribution in [0.3, 0.4) is 0 Å². The molecule has 0 aromatic heterocycles. The van der Waals surface area contributed by atoms with Gasteiger partial charge in [-0.25, -0.2) is 0 Å². The van der Waals surface area contributed by atoms with Gasteiger partial charge in [0.1, 0.15) is 0 Å². The van der Waals surface area contributed by atoms with Gasteiger partial charge >= 0.3 is 11.9 Å². The van der Waals surface area contributed by atoms with Crippen molar-refractivity contribution in [2.24, 2.45) is 0 Å². The van der Waals surface area contributed by atoms with E-state index in [0.717, 1.165) is 23.7 Å². The number of likely N-dealkylation sites (tertiary alicyclic amines) is 1. The number of rotatable bonds is 5. The number of hydrogen-bond donors (Lipinski definition) is 0. The summed E-state index contributed by atoms with van der Waals surface area (Å²) in [6.07, 6.45) is 3.58. The van der Waals surface area contributed by atoms with Crippen LogP contribution in [0, 0.1) is 0 Å². The minimum Gasteiger partial charge on any atom is -0.423 e. The maximum absolute atomic E-state index is 11.3. The van der Waals surface area contributed by atoms with Crippen LogP contribution in [0.4, 0.5) is 0 Å². The quantitative estimate of drug-likeness (QED) is 0.617. The van der Waals surface area contributed by atoms with Gasteiger partial charge in [-0.2, -0.15) is 0 Å². The van der Waals surface area contributed by atoms with E-state index in [9.17, 15) is 9.59 Å². The first-order chi connectivity index (χ1) is 12.0. The lowest BCUT2D eigenvalue weighted by atomic mass is 10.0. The minimum absolute atomic E-state index is 0.264. The molecular weight excluding hydrogens is 318 g/mol. The molecule has 0 N–H and O–H groups in total. The zero-order chi connectivity index (χ0) is 17.8. The SMILES string of the molecule is CC(=O)Oc1cc2ccc(CCN3CCCC3)cc2cc1OC(C)=O. The molecule has 2 aromatic carbocycles. The molecule has 0 radical (unpaired) electrons. The van der Waals surface area contributed by atoms with E-state index in [4.69, 9.17) is 9.47 Å². The Hall–Kier alpha value is -2.40. The molecule has 0 saturated carbocycles. The maximum atomic E-state index is 11.3. The van der Waals surface area contributed by atoms with E-state index in [-0.39, 0.29) is 11.5 Å². The Kier molecular flexibility index (Phi) is 5.34. The zero-order valence-corrected chi connectivity index (χ0v) is 14.7. The lowest BCUT2D eigenvalue weighted by Gasteiger charge is -2.15. The van der Waals surface area contributed by atoms with Crippen LogP contribution in [0.2, 0.25) is 0 Å². The Labute approximate surface area is 147 Å². The number of carbonyl (C=O) groups is 2. The average Bonchev–Trinajstić information content (AvgIpc) is 3.06. The molecule has 0 atom stereocenters. The number of benzene rings is 2. The molecule has 2 aromatic rings. The number of ether oxygens (including phenoxy) is 2. The van der Waals surface area contributed by atoms with Crippen LogP contribution >= 0.6 is 0 Å². The summed E-state index contributed by atoms with van der Waals surface area (Å²) in [7, 11) is 0. The molecule has 5 heteroatoms. The summed E-state index contributed by atoms with van der Waals surface area (Å²) in [6, 6.07) is 9.71. The van der Waals surface area contributed by atoms with Gasteiger partial charge in [-0.3, -0.25) is 9.59 Å². The van der Waals surface area contributed by atoms with Crippen LogP contribution in [0.1, 0.15) is 32.3 Å². The largest absolute Gasteiger partial charge is 0.423 e. The fraction of sp³-hybridized carbons (Fsp3) is 0.400. The zero-order valence-electron chi connectivity index (χ0n) is 14.7. The summed E-state index contributed by atoms with van der Waals surface area (Å²) in [5.74, 6) is -0.361. The first kappa shape index (κ1) is 17.4. The summed E-state index contributed by atoms with van der Waals surface area (Å²) in [6.45, 7) is 6.09. The monoisotopic (exact) mass is 341 g/mol. The van der Waals surface area contributed by atoms with Crippen LogP contribution < -0.4 is 9.47 Å². The number of esters is 2. The van der Waals surface area contributed by atoms with Gasteiger partial charge in [0.05, 0.1) is 0 Å². The van der Waals surface area contributed by atoms with Crippen molar-refractivity contribution in [2.45, 2.75) is 33.1 Å². The van der Waals surface area contributed by atoms with Crippen molar-refractivity contribution < 1.29 is 19.1 Å². The molecule has 1 aliphatic heterocycles. The predicted octanol–water partition coefficient (Wildman–Crippen LogP) is 3.33. The smallest absolute Gasteiger partial charge is 0.308 e. The van der Waals surface area contributed by atoms with Gasteiger partial charge in [0, 0.05) is 20.4 Å². The molecule has 0 bridgehead atoms. The molecule has 1 aliphatic rings. The topological polar surface area (TPSA) is 55.8 Å². The first-order valence-corrected chi connectivity index (χ1v) is 8.67. The highest BCUT2D eigenvalue weighted by Gasteiger charge is 2.14. The third kappa shape index (κ3) is 4.57. The third-order valence-electron chi connectivity index (χ3n) is 4.39. The standard InChI is InChI=1S/C20H23NO4/c1-14(22)24-19-12-17-6-5-16(7-10-21-8-3-4-9-21)11-18(17)13-20(19)25-15(2)23/h5-6,11-13H,3-4,7-10H2,1-2H3. The number of hydrogen-bond acceptors (Lipinski definition) is 5. The Morgan fingerprint density at radius 1 is 0.920 bits per heavy atom. The number of fused-ring (bicyclic) bond motifs is 1. The van der Waals surface area contributed by atoms with E-state index in [1.807, 2.05) is 6.07 Å². The molecule has 5 nitrogen and oxygen atoms in total. The van der Waals surface area contributed by atoms with Crippen molar-refractivity contribution in [3.63, 3.8) is 0 Å². The molecule has 1 heterocycles. The van der Waals surface area contributed by atoms with Crippen LogP contribution in [-0.4, -0.2) is 36.5 Å². The second kappa shape index (κ2) is 7.66. The van der Waals surface area contributed by atoms with Crippen molar-refractivity contribution in [3.05, 3.63) is 35.9 Å². The summed E-state index contributed by atoms with van der Waals surface area (Å²) in [4.78, 5) is 25.1. The van der Waals surface area contributed by atoms with Crippen LogP contribution in [-0.2, 0) is 16.0 Å². The van der Waals surface area contributed by atoms with Gasteiger partial charge in [0.15, 0.2) is 11.5 Å². The van der Waals surface area contributed by atoms with Crippen molar-refractivity contribution >= 4 is 22.7 Å². The molecule has 132 valence electrons. The Morgan fingerprint density at radius 2 is 1.52 bits per heavy atom. The van der Waals surface area contributed by atoms with E-state index in [2.05, 4.69) is 17.0 Å². The second-order valence-electron chi connectivity index (χ2n) is 6.47. The Bertz CT molecular complexity index is 794. The third-order valence-corrected chi connectivity index (χ3v) is 4.39. The predicted molar refractivity (Wildman–Crippen MR) is 95.9 cm³/mol. The highest BCUT2D eigenvalue weighted by molar-refractivity contribution is 5.88. The molecule has 0 aliphatic carbocycles. The first-order valence-electron chi connectivity index (χ1n) is 8.67. The van der Waals surface area contributed by atoms with Crippen molar-refractivity contribution in [1.29, 1.82) is 0 Å². The summed E-state index contributed by atoms with van der Waals surface area (Å²) < 4.78 is 10.4. The van der Waals surface area contributed by atoms with E-state index in [1.165, 1.54) is 45.3 Å².